The predicted molar refractivity (Wildman–Crippen MR) is 59.7 cm³/mol. The van der Waals surface area contributed by atoms with Gasteiger partial charge in [0.05, 0.1) is 7.11 Å². The third-order valence-corrected chi connectivity index (χ3v) is 3.44. The Morgan fingerprint density at radius 3 is 1.59 bits per heavy atom. The second kappa shape index (κ2) is 5.74. The number of benzene rings is 1. The minimum absolute atomic E-state index is 0.153. The number of ether oxygens (including phenoxy) is 1. The maximum Gasteiger partial charge on any atom is 0.460 e. The number of hydrogen-bond acceptors (Lipinski definition) is 2. The first-order valence-corrected chi connectivity index (χ1v) is 6.11. The summed E-state index contributed by atoms with van der Waals surface area (Å²) in [4.78, 5) is -0.636. The molecule has 0 aliphatic carbocycles. The van der Waals surface area contributed by atoms with Gasteiger partial charge in [0.15, 0.2) is 0 Å². The second-order valence-electron chi connectivity index (χ2n) is 3.94. The topological polar surface area (TPSA) is 9.23 Å². The molecule has 0 radical (unpaired) electrons. The van der Waals surface area contributed by atoms with Gasteiger partial charge in [-0.15, -0.1) is 0 Å². The molecule has 0 spiro atoms. The standard InChI is InChI=1S/C11H7F9OS/c1-21-6-2-4-7(5-3-6)22-11(19,20)9(14,15)8(12,13)10(16,17)18/h2-5H,1H3. The van der Waals surface area contributed by atoms with E-state index < -0.39 is 39.9 Å². The minimum Gasteiger partial charge on any atom is -0.497 e. The molecule has 0 heterocycles. The first-order valence-electron chi connectivity index (χ1n) is 5.29. The molecule has 126 valence electrons. The molecule has 1 aromatic rings. The molecule has 0 amide bonds. The fraction of sp³-hybridized carbons (Fsp3) is 0.455. The molecular weight excluding hydrogens is 351 g/mol. The van der Waals surface area contributed by atoms with Crippen molar-refractivity contribution in [2.24, 2.45) is 0 Å². The molecule has 0 atom stereocenters. The Bertz CT molecular complexity index is 509. The highest BCUT2D eigenvalue weighted by molar-refractivity contribution is 8.00. The van der Waals surface area contributed by atoms with Gasteiger partial charge in [0, 0.05) is 4.90 Å². The van der Waals surface area contributed by atoms with Crippen LogP contribution in [0.15, 0.2) is 29.2 Å². The number of rotatable bonds is 5. The smallest absolute Gasteiger partial charge is 0.460 e. The van der Waals surface area contributed by atoms with Gasteiger partial charge in [-0.25, -0.2) is 0 Å². The Labute approximate surface area is 122 Å². The predicted octanol–water partition coefficient (Wildman–Crippen LogP) is 5.21. The van der Waals surface area contributed by atoms with Crippen molar-refractivity contribution in [3.63, 3.8) is 0 Å². The molecule has 11 heteroatoms. The van der Waals surface area contributed by atoms with Crippen LogP contribution in [0.3, 0.4) is 0 Å². The molecule has 0 fully saturated rings. The zero-order chi connectivity index (χ0) is 17.4. The van der Waals surface area contributed by atoms with Gasteiger partial charge in [0.2, 0.25) is 0 Å². The summed E-state index contributed by atoms with van der Waals surface area (Å²) in [5.41, 5.74) is 0. The maximum absolute atomic E-state index is 13.3. The normalized spacial score (nSPS) is 14.1. The highest BCUT2D eigenvalue weighted by atomic mass is 32.2. The largest absolute Gasteiger partial charge is 0.497 e. The average molecular weight is 358 g/mol. The second-order valence-corrected chi connectivity index (χ2v) is 5.13. The summed E-state index contributed by atoms with van der Waals surface area (Å²) in [6.45, 7) is 0. The molecule has 0 saturated heterocycles. The minimum atomic E-state index is -6.89. The van der Waals surface area contributed by atoms with E-state index in [0.29, 0.717) is 0 Å². The summed E-state index contributed by atoms with van der Waals surface area (Å²) in [5.74, 6) is -13.4. The van der Waals surface area contributed by atoms with Crippen LogP contribution < -0.4 is 4.74 Å². The van der Waals surface area contributed by atoms with Crippen molar-refractivity contribution in [3.05, 3.63) is 24.3 Å². The van der Waals surface area contributed by atoms with Crippen LogP contribution >= 0.6 is 11.8 Å². The van der Waals surface area contributed by atoms with E-state index in [1.807, 2.05) is 0 Å². The number of halogens is 9. The molecule has 0 aromatic heterocycles. The van der Waals surface area contributed by atoms with E-state index >= 15 is 0 Å². The van der Waals surface area contributed by atoms with E-state index in [0.717, 1.165) is 24.3 Å². The van der Waals surface area contributed by atoms with Crippen molar-refractivity contribution in [2.75, 3.05) is 7.11 Å². The highest BCUT2D eigenvalue weighted by Crippen LogP contribution is 2.57. The van der Waals surface area contributed by atoms with Crippen LogP contribution in [0.2, 0.25) is 0 Å². The number of methoxy groups -OCH3 is 1. The maximum atomic E-state index is 13.3. The van der Waals surface area contributed by atoms with E-state index in [2.05, 4.69) is 4.74 Å². The molecule has 1 nitrogen and oxygen atoms in total. The van der Waals surface area contributed by atoms with Crippen LogP contribution in [0, 0.1) is 0 Å². The van der Waals surface area contributed by atoms with Crippen molar-refractivity contribution >= 4 is 11.8 Å². The Morgan fingerprint density at radius 1 is 0.773 bits per heavy atom. The van der Waals surface area contributed by atoms with Gasteiger partial charge in [0.1, 0.15) is 5.75 Å². The van der Waals surface area contributed by atoms with Gasteiger partial charge >= 0.3 is 23.3 Å². The zero-order valence-corrected chi connectivity index (χ0v) is 11.3. The van der Waals surface area contributed by atoms with Gasteiger partial charge in [-0.05, 0) is 36.0 Å². The Kier molecular flexibility index (Phi) is 4.91. The molecule has 0 aliphatic rings. The molecule has 0 saturated carbocycles. The van der Waals surface area contributed by atoms with E-state index in [-0.39, 0.29) is 5.75 Å². The third-order valence-electron chi connectivity index (χ3n) is 2.42. The van der Waals surface area contributed by atoms with Gasteiger partial charge in [0.25, 0.3) is 0 Å². The van der Waals surface area contributed by atoms with Crippen LogP contribution in [0.5, 0.6) is 5.75 Å². The average Bonchev–Trinajstić information content (AvgIpc) is 2.37. The van der Waals surface area contributed by atoms with Gasteiger partial charge in [-0.3, -0.25) is 0 Å². The lowest BCUT2D eigenvalue weighted by Crippen LogP contribution is -2.59. The van der Waals surface area contributed by atoms with E-state index in [9.17, 15) is 39.5 Å². The zero-order valence-electron chi connectivity index (χ0n) is 10.5. The van der Waals surface area contributed by atoms with Crippen LogP contribution in [-0.4, -0.2) is 30.4 Å². The summed E-state index contributed by atoms with van der Waals surface area (Å²) in [7, 11) is 1.22. The molecular formula is C11H7F9OS. The molecule has 1 rings (SSSR count). The fourth-order valence-electron chi connectivity index (χ4n) is 1.22. The van der Waals surface area contributed by atoms with Crippen LogP contribution in [0.1, 0.15) is 0 Å². The number of alkyl halides is 9. The Balaban J connectivity index is 3.10. The summed E-state index contributed by atoms with van der Waals surface area (Å²) >= 11 is -1.10. The molecule has 0 unspecified atom stereocenters. The van der Waals surface area contributed by atoms with Crippen LogP contribution in [0.25, 0.3) is 0 Å². The van der Waals surface area contributed by atoms with Gasteiger partial charge in [-0.1, -0.05) is 0 Å². The highest BCUT2D eigenvalue weighted by Gasteiger charge is 2.82. The fourth-order valence-corrected chi connectivity index (χ4v) is 2.04. The van der Waals surface area contributed by atoms with Crippen molar-refractivity contribution in [3.8, 4) is 5.75 Å². The molecule has 0 bridgehead atoms. The molecule has 1 aromatic carbocycles. The van der Waals surface area contributed by atoms with E-state index in [4.69, 9.17) is 0 Å². The lowest BCUT2D eigenvalue weighted by atomic mass is 10.1. The van der Waals surface area contributed by atoms with Crippen molar-refractivity contribution in [1.82, 2.24) is 0 Å². The molecule has 22 heavy (non-hydrogen) atoms. The SMILES string of the molecule is COc1ccc(SC(F)(F)C(F)(F)C(F)(F)C(F)(F)F)cc1. The van der Waals surface area contributed by atoms with Crippen molar-refractivity contribution in [1.29, 1.82) is 0 Å². The van der Waals surface area contributed by atoms with Gasteiger partial charge in [-0.2, -0.15) is 39.5 Å². The van der Waals surface area contributed by atoms with E-state index in [1.165, 1.54) is 7.11 Å². The molecule has 0 aliphatic heterocycles. The first-order chi connectivity index (χ1) is 9.76. The summed E-state index contributed by atoms with van der Waals surface area (Å²) in [6, 6.07) is 3.75. The van der Waals surface area contributed by atoms with Crippen LogP contribution in [0.4, 0.5) is 39.5 Å². The summed E-state index contributed by atoms with van der Waals surface area (Å²) in [6.07, 6.45) is -6.82. The summed E-state index contributed by atoms with van der Waals surface area (Å²) in [5, 5.41) is -5.69. The van der Waals surface area contributed by atoms with Gasteiger partial charge < -0.3 is 4.74 Å². The Hall–Kier alpha value is -1.26. The number of thioether (sulfide) groups is 1. The third kappa shape index (κ3) is 3.23. The lowest BCUT2D eigenvalue weighted by molar-refractivity contribution is -0.381. The summed E-state index contributed by atoms with van der Waals surface area (Å²) < 4.78 is 118. The van der Waals surface area contributed by atoms with Crippen LogP contribution in [-0.2, 0) is 0 Å². The quantitative estimate of drug-likeness (QED) is 0.528. The first kappa shape index (κ1) is 18.8. The lowest BCUT2D eigenvalue weighted by Gasteiger charge is -2.33. The molecule has 0 N–H and O–H groups in total. The monoisotopic (exact) mass is 358 g/mol. The Morgan fingerprint density at radius 2 is 1.23 bits per heavy atom. The van der Waals surface area contributed by atoms with Crippen molar-refractivity contribution in [2.45, 2.75) is 28.2 Å². The van der Waals surface area contributed by atoms with E-state index in [1.54, 1.807) is 0 Å². The van der Waals surface area contributed by atoms with Crippen molar-refractivity contribution < 1.29 is 44.3 Å². The number of hydrogen-bond donors (Lipinski definition) is 0.